The Bertz CT molecular complexity index is 924. The van der Waals surface area contributed by atoms with Crippen LogP contribution in [0, 0.1) is 0 Å². The third-order valence-corrected chi connectivity index (χ3v) is 6.29. The van der Waals surface area contributed by atoms with E-state index in [1.165, 1.54) is 0 Å². The minimum Gasteiger partial charge on any atom is -0.497 e. The molecule has 29 heavy (non-hydrogen) atoms. The molecule has 0 fully saturated rings. The normalized spacial score (nSPS) is 11.7. The van der Waals surface area contributed by atoms with E-state index in [2.05, 4.69) is 10.3 Å². The number of carbonyl (C=O) groups is 1. The van der Waals surface area contributed by atoms with Crippen LogP contribution in [-0.4, -0.2) is 29.9 Å². The van der Waals surface area contributed by atoms with Crippen LogP contribution in [0.1, 0.15) is 19.5 Å². The summed E-state index contributed by atoms with van der Waals surface area (Å²) < 4.78 is 10.6. The molecule has 0 aliphatic heterocycles. The highest BCUT2D eigenvalue weighted by Gasteiger charge is 2.15. The van der Waals surface area contributed by atoms with Crippen molar-refractivity contribution in [3.05, 3.63) is 59.6 Å². The Morgan fingerprint density at radius 2 is 1.83 bits per heavy atom. The largest absolute Gasteiger partial charge is 0.497 e. The molecule has 1 unspecified atom stereocenters. The maximum Gasteiger partial charge on any atom is 0.237 e. The highest BCUT2D eigenvalue weighted by Crippen LogP contribution is 2.28. The molecule has 0 saturated heterocycles. The van der Waals surface area contributed by atoms with Gasteiger partial charge in [-0.05, 0) is 62.4 Å². The van der Waals surface area contributed by atoms with Crippen LogP contribution in [0.4, 0.5) is 5.69 Å². The average Bonchev–Trinajstić information content (AvgIpc) is 3.22. The summed E-state index contributed by atoms with van der Waals surface area (Å²) in [6.07, 6.45) is 0. The molecular formula is C22H24N2O3S2. The first-order valence-electron chi connectivity index (χ1n) is 9.33. The molecule has 3 aromatic rings. The second-order valence-electron chi connectivity index (χ2n) is 6.27. The minimum absolute atomic E-state index is 0.0234. The van der Waals surface area contributed by atoms with Gasteiger partial charge in [0.25, 0.3) is 0 Å². The van der Waals surface area contributed by atoms with Crippen LogP contribution >= 0.6 is 23.1 Å². The van der Waals surface area contributed by atoms with Crippen LogP contribution in [0.5, 0.6) is 11.5 Å². The number of thiazole rings is 1. The zero-order valence-electron chi connectivity index (χ0n) is 16.7. The number of nitrogens with zero attached hydrogens (tertiary/aromatic N) is 1. The molecule has 1 amide bonds. The second-order valence-corrected chi connectivity index (χ2v) is 8.46. The third-order valence-electron chi connectivity index (χ3n) is 4.17. The predicted molar refractivity (Wildman–Crippen MR) is 121 cm³/mol. The number of thioether (sulfide) groups is 1. The van der Waals surface area contributed by atoms with Crippen LogP contribution in [0.25, 0.3) is 10.6 Å². The fourth-order valence-electron chi connectivity index (χ4n) is 2.57. The summed E-state index contributed by atoms with van der Waals surface area (Å²) in [5, 5.41) is 5.77. The van der Waals surface area contributed by atoms with Gasteiger partial charge >= 0.3 is 0 Å². The van der Waals surface area contributed by atoms with E-state index < -0.39 is 0 Å². The summed E-state index contributed by atoms with van der Waals surface area (Å²) in [5.41, 5.74) is 2.81. The van der Waals surface area contributed by atoms with Crippen molar-refractivity contribution < 1.29 is 14.3 Å². The number of benzene rings is 2. The summed E-state index contributed by atoms with van der Waals surface area (Å²) in [5.74, 6) is 2.28. The zero-order valence-corrected chi connectivity index (χ0v) is 18.3. The van der Waals surface area contributed by atoms with E-state index in [4.69, 9.17) is 9.47 Å². The molecule has 7 heteroatoms. The van der Waals surface area contributed by atoms with Crippen LogP contribution in [-0.2, 0) is 10.5 Å². The average molecular weight is 429 g/mol. The third kappa shape index (κ3) is 5.98. The van der Waals surface area contributed by atoms with E-state index in [1.807, 2.05) is 67.8 Å². The second kappa shape index (κ2) is 10.3. The van der Waals surface area contributed by atoms with Gasteiger partial charge in [0.15, 0.2) is 0 Å². The maximum atomic E-state index is 12.4. The smallest absolute Gasteiger partial charge is 0.237 e. The number of nitrogens with one attached hydrogen (secondary N) is 1. The Morgan fingerprint density at radius 3 is 2.48 bits per heavy atom. The van der Waals surface area contributed by atoms with Crippen LogP contribution < -0.4 is 14.8 Å². The van der Waals surface area contributed by atoms with Crippen molar-refractivity contribution in [2.24, 2.45) is 0 Å². The first-order chi connectivity index (χ1) is 14.1. The molecule has 1 aromatic heterocycles. The van der Waals surface area contributed by atoms with Crippen LogP contribution in [0.3, 0.4) is 0 Å². The van der Waals surface area contributed by atoms with Crippen molar-refractivity contribution in [2.75, 3.05) is 19.0 Å². The highest BCUT2D eigenvalue weighted by molar-refractivity contribution is 7.99. The van der Waals surface area contributed by atoms with Gasteiger partial charge in [-0.25, -0.2) is 4.98 Å². The Kier molecular flexibility index (Phi) is 7.55. The summed E-state index contributed by atoms with van der Waals surface area (Å²) in [7, 11) is 1.65. The lowest BCUT2D eigenvalue weighted by atomic mass is 10.2. The molecule has 1 N–H and O–H groups in total. The maximum absolute atomic E-state index is 12.4. The fourth-order valence-corrected chi connectivity index (χ4v) is 4.28. The van der Waals surface area contributed by atoms with Gasteiger partial charge in [0.1, 0.15) is 16.5 Å². The van der Waals surface area contributed by atoms with E-state index in [0.717, 1.165) is 33.5 Å². The van der Waals surface area contributed by atoms with E-state index >= 15 is 0 Å². The van der Waals surface area contributed by atoms with Gasteiger partial charge in [-0.3, -0.25) is 4.79 Å². The van der Waals surface area contributed by atoms with Crippen molar-refractivity contribution in [2.45, 2.75) is 24.9 Å². The number of methoxy groups -OCH3 is 1. The van der Waals surface area contributed by atoms with Crippen molar-refractivity contribution in [1.82, 2.24) is 4.98 Å². The number of aromatic nitrogens is 1. The van der Waals surface area contributed by atoms with Gasteiger partial charge in [-0.15, -0.1) is 23.1 Å². The molecule has 0 saturated carbocycles. The van der Waals surface area contributed by atoms with Crippen molar-refractivity contribution in [3.8, 4) is 22.1 Å². The topological polar surface area (TPSA) is 60.5 Å². The van der Waals surface area contributed by atoms with Crippen molar-refractivity contribution >= 4 is 34.7 Å². The molecule has 0 aliphatic rings. The summed E-state index contributed by atoms with van der Waals surface area (Å²) in [6.45, 7) is 4.47. The van der Waals surface area contributed by atoms with Crippen LogP contribution in [0.15, 0.2) is 53.9 Å². The number of ether oxygens (including phenoxy) is 2. The van der Waals surface area contributed by atoms with Gasteiger partial charge < -0.3 is 14.8 Å². The highest BCUT2D eigenvalue weighted by atomic mass is 32.2. The van der Waals surface area contributed by atoms with Crippen LogP contribution in [0.2, 0.25) is 0 Å². The molecule has 0 bridgehead atoms. The fraction of sp³-hybridized carbons (Fsp3) is 0.273. The summed E-state index contributed by atoms with van der Waals surface area (Å²) in [6, 6.07) is 15.3. The molecule has 0 aliphatic carbocycles. The molecule has 2 aromatic carbocycles. The molecular weight excluding hydrogens is 404 g/mol. The van der Waals surface area contributed by atoms with Crippen molar-refractivity contribution in [3.63, 3.8) is 0 Å². The van der Waals surface area contributed by atoms with E-state index in [1.54, 1.807) is 30.2 Å². The molecule has 5 nitrogen and oxygen atoms in total. The van der Waals surface area contributed by atoms with E-state index in [0.29, 0.717) is 12.4 Å². The van der Waals surface area contributed by atoms with E-state index in [9.17, 15) is 4.79 Å². The van der Waals surface area contributed by atoms with Gasteiger partial charge in [-0.2, -0.15) is 0 Å². The molecule has 0 radical (unpaired) electrons. The first-order valence-corrected chi connectivity index (χ1v) is 11.3. The summed E-state index contributed by atoms with van der Waals surface area (Å²) in [4.78, 5) is 17.1. The molecule has 3 rings (SSSR count). The Balaban J connectivity index is 1.51. The lowest BCUT2D eigenvalue weighted by molar-refractivity contribution is -0.115. The van der Waals surface area contributed by atoms with Gasteiger partial charge in [0.05, 0.1) is 24.7 Å². The van der Waals surface area contributed by atoms with E-state index in [-0.39, 0.29) is 11.2 Å². The Hall–Kier alpha value is -2.51. The number of rotatable bonds is 9. The SMILES string of the molecule is CCOc1ccc(NC(=O)C(C)SCc2csc(-c3ccc(OC)cc3)n2)cc1. The van der Waals surface area contributed by atoms with Crippen molar-refractivity contribution in [1.29, 1.82) is 0 Å². The van der Waals surface area contributed by atoms with Gasteiger partial charge in [-0.1, -0.05) is 0 Å². The zero-order chi connectivity index (χ0) is 20.6. The Morgan fingerprint density at radius 1 is 1.14 bits per heavy atom. The van der Waals surface area contributed by atoms with Gasteiger partial charge in [0, 0.05) is 22.4 Å². The predicted octanol–water partition coefficient (Wildman–Crippen LogP) is 5.48. The quantitative estimate of drug-likeness (QED) is 0.489. The lowest BCUT2D eigenvalue weighted by Crippen LogP contribution is -2.22. The molecule has 1 heterocycles. The Labute approximate surface area is 179 Å². The minimum atomic E-state index is -0.187. The van der Waals surface area contributed by atoms with Gasteiger partial charge in [0.2, 0.25) is 5.91 Å². The number of hydrogen-bond acceptors (Lipinski definition) is 6. The summed E-state index contributed by atoms with van der Waals surface area (Å²) >= 11 is 3.18. The molecule has 152 valence electrons. The monoisotopic (exact) mass is 428 g/mol. The standard InChI is InChI=1S/C22H24N2O3S2/c1-4-27-20-11-7-17(8-12-20)23-21(25)15(2)28-13-18-14-29-22(24-18)16-5-9-19(26-3)10-6-16/h5-12,14-15H,4,13H2,1-3H3,(H,23,25). The number of carbonyl (C=O) groups excluding carboxylic acids is 1. The number of amides is 1. The lowest BCUT2D eigenvalue weighted by Gasteiger charge is -2.12. The first kappa shape index (κ1) is 21.2. The molecule has 1 atom stereocenters. The number of hydrogen-bond donors (Lipinski definition) is 1. The molecule has 0 spiro atoms. The number of anilines is 1.